The van der Waals surface area contributed by atoms with Gasteiger partial charge in [0.05, 0.1) is 0 Å². The summed E-state index contributed by atoms with van der Waals surface area (Å²) < 4.78 is 0. The Labute approximate surface area is 27.9 Å². The summed E-state index contributed by atoms with van der Waals surface area (Å²) in [6.07, 6.45) is 0. The molecule has 0 heterocycles. The molecule has 0 aromatic rings. The first-order valence-electron chi connectivity index (χ1n) is 0.996. The van der Waals surface area contributed by atoms with E-state index in [1.807, 2.05) is 0 Å². The third-order valence-corrected chi connectivity index (χ3v) is 0. The first-order chi connectivity index (χ1) is 1.73. The Balaban J connectivity index is 2.80. The fourth-order valence-corrected chi connectivity index (χ4v) is 0. The van der Waals surface area contributed by atoms with E-state index in [-0.39, 0.29) is 0 Å². The lowest BCUT2D eigenvalue weighted by Crippen LogP contribution is -1.57. The number of hydrogen-bond donors (Lipinski definition) is 0. The zero-order valence-corrected chi connectivity index (χ0v) is 2.49. The van der Waals surface area contributed by atoms with Crippen LogP contribution in [0.25, 0.3) is 0 Å². The van der Waals surface area contributed by atoms with Gasteiger partial charge in [0.25, 0.3) is 0 Å². The highest BCUT2D eigenvalue weighted by atomic mass is 13.4. The van der Waals surface area contributed by atoms with Gasteiger partial charge >= 0.3 is 0 Å². The smallest absolute Gasteiger partial charge is 0.106 e. The van der Waals surface area contributed by atoms with E-state index in [0.29, 0.717) is 5.47 Å². The van der Waals surface area contributed by atoms with Crippen molar-refractivity contribution in [3.8, 4) is 0 Å². The van der Waals surface area contributed by atoms with Crippen molar-refractivity contribution in [1.82, 2.24) is 0 Å². The zero-order chi connectivity index (χ0) is 3.58. The molecule has 0 aliphatic rings. The summed E-state index contributed by atoms with van der Waals surface area (Å²) >= 11 is 0. The van der Waals surface area contributed by atoms with E-state index in [0.717, 1.165) is 0 Å². The molecule has 0 amide bonds. The van der Waals surface area contributed by atoms with Crippen LogP contribution in [-0.2, 0) is 0 Å². The van der Waals surface area contributed by atoms with Gasteiger partial charge in [-0.25, -0.2) is 0 Å². The van der Waals surface area contributed by atoms with Crippen molar-refractivity contribution < 1.29 is 0 Å². The molecule has 0 nitrogen and oxygen atoms in total. The van der Waals surface area contributed by atoms with Gasteiger partial charge < -0.3 is 0 Å². The highest BCUT2D eigenvalue weighted by molar-refractivity contribution is 6.21. The van der Waals surface area contributed by atoms with Crippen LogP contribution in [0, 0.1) is 6.92 Å². The van der Waals surface area contributed by atoms with Crippen LogP contribution in [-0.4, -0.2) is 7.85 Å². The fraction of sp³-hybridized carbons (Fsp3) is 0. The summed E-state index contributed by atoms with van der Waals surface area (Å²) in [5, 5.41) is 0. The predicted molar refractivity (Wildman–Crippen MR) is 20.3 cm³/mol. The second-order valence-electron chi connectivity index (χ2n) is 0.658. The molecule has 1 heteroatoms. The third-order valence-electron chi connectivity index (χ3n) is 0. The summed E-state index contributed by atoms with van der Waals surface area (Å²) in [7, 11) is 4.81. The minimum Gasteiger partial charge on any atom is -0.124 e. The number of hydrogen-bond acceptors (Lipinski definition) is 0. The van der Waals surface area contributed by atoms with Crippen molar-refractivity contribution in [2.75, 3.05) is 0 Å². The molecule has 3 radical (unpaired) electrons. The van der Waals surface area contributed by atoms with E-state index < -0.39 is 0 Å². The molecule has 0 aromatic carbocycles. The minimum absolute atomic E-state index is 0.417. The molecule has 4 heavy (non-hydrogen) atoms. The maximum absolute atomic E-state index is 4.81. The molecule has 0 fully saturated rings. The second-order valence-corrected chi connectivity index (χ2v) is 0.658. The molecule has 0 aliphatic carbocycles. The molecular weight excluding hydrogens is 46.8 g/mol. The Morgan fingerprint density at radius 3 is 1.75 bits per heavy atom. The zero-order valence-electron chi connectivity index (χ0n) is 2.49. The second kappa shape index (κ2) is 1.16. The summed E-state index contributed by atoms with van der Waals surface area (Å²) in [5.74, 6) is 0. The van der Waals surface area contributed by atoms with Crippen LogP contribution in [0.5, 0.6) is 0 Å². The van der Waals surface area contributed by atoms with Crippen LogP contribution in [0.2, 0.25) is 0 Å². The molecule has 0 aliphatic heterocycles. The molecule has 0 N–H and O–H groups in total. The Morgan fingerprint density at radius 1 is 1.75 bits per heavy atom. The minimum atomic E-state index is 0.417. The molecule has 0 unspecified atom stereocenters. The molecule has 0 saturated carbocycles. The molecule has 0 saturated heterocycles. The lowest BCUT2D eigenvalue weighted by Gasteiger charge is -1.64. The fourth-order valence-electron chi connectivity index (χ4n) is 0. The van der Waals surface area contributed by atoms with Crippen LogP contribution in [0.1, 0.15) is 0 Å². The molecule has 19 valence electrons. The van der Waals surface area contributed by atoms with Gasteiger partial charge in [-0.2, -0.15) is 0 Å². The van der Waals surface area contributed by atoms with Gasteiger partial charge in [0.2, 0.25) is 0 Å². The van der Waals surface area contributed by atoms with Crippen molar-refractivity contribution in [3.63, 3.8) is 0 Å². The van der Waals surface area contributed by atoms with E-state index in [2.05, 4.69) is 13.5 Å². The topological polar surface area (TPSA) is 0 Å². The first-order valence-corrected chi connectivity index (χ1v) is 0.996. The lowest BCUT2D eigenvalue weighted by molar-refractivity contribution is 2.06. The lowest BCUT2D eigenvalue weighted by atomic mass is 10.0. The van der Waals surface area contributed by atoms with Crippen LogP contribution in [0.15, 0.2) is 12.1 Å². The maximum atomic E-state index is 4.81. The van der Waals surface area contributed by atoms with Gasteiger partial charge in [0.15, 0.2) is 0 Å². The SMILES string of the molecule is [B]C([CH2])=C. The van der Waals surface area contributed by atoms with E-state index in [9.17, 15) is 0 Å². The number of rotatable bonds is 0. The molecule has 0 atom stereocenters. The highest BCUT2D eigenvalue weighted by Crippen LogP contribution is 1.63. The van der Waals surface area contributed by atoms with E-state index in [1.165, 1.54) is 0 Å². The van der Waals surface area contributed by atoms with Gasteiger partial charge in [-0.1, -0.05) is 0 Å². The van der Waals surface area contributed by atoms with E-state index in [4.69, 9.17) is 7.85 Å². The molecule has 0 rings (SSSR count). The molecule has 0 bridgehead atoms. The van der Waals surface area contributed by atoms with Crippen molar-refractivity contribution in [1.29, 1.82) is 0 Å². The van der Waals surface area contributed by atoms with Crippen molar-refractivity contribution in [3.05, 3.63) is 19.0 Å². The summed E-state index contributed by atoms with van der Waals surface area (Å²) in [6.45, 7) is 6.44. The summed E-state index contributed by atoms with van der Waals surface area (Å²) in [5.41, 5.74) is 0.417. The maximum Gasteiger partial charge on any atom is 0.106 e. The Morgan fingerprint density at radius 2 is 1.75 bits per heavy atom. The molecule has 0 aromatic heterocycles. The van der Waals surface area contributed by atoms with Gasteiger partial charge in [-0.3, -0.25) is 0 Å². The third kappa shape index (κ3) is 30.7. The largest absolute Gasteiger partial charge is 0.124 e. The van der Waals surface area contributed by atoms with Crippen molar-refractivity contribution in [2.24, 2.45) is 0 Å². The quantitative estimate of drug-likeness (QED) is 0.351. The Bertz CT molecular complexity index is 26.3. The van der Waals surface area contributed by atoms with Crippen molar-refractivity contribution in [2.45, 2.75) is 0 Å². The standard InChI is InChI=1S/C3H4B/c1-3(2)4/h1-2H2. The molecule has 0 spiro atoms. The normalized spacial score (nSPS) is 6.25. The van der Waals surface area contributed by atoms with Gasteiger partial charge in [-0.05, 0) is 6.92 Å². The first kappa shape index (κ1) is 3.80. The summed E-state index contributed by atoms with van der Waals surface area (Å²) in [6, 6.07) is 0. The average molecular weight is 50.9 g/mol. The van der Waals surface area contributed by atoms with Crippen LogP contribution in [0.4, 0.5) is 0 Å². The summed E-state index contributed by atoms with van der Waals surface area (Å²) in [4.78, 5) is 0. The monoisotopic (exact) mass is 51.0 g/mol. The van der Waals surface area contributed by atoms with Gasteiger partial charge in [0.1, 0.15) is 7.85 Å². The number of allylic oxidation sites excluding steroid dienone is 1. The predicted octanol–water partition coefficient (Wildman–Crippen LogP) is 0.503. The van der Waals surface area contributed by atoms with E-state index >= 15 is 0 Å². The van der Waals surface area contributed by atoms with Crippen LogP contribution >= 0.6 is 0 Å². The van der Waals surface area contributed by atoms with E-state index in [1.54, 1.807) is 0 Å². The average Bonchev–Trinajstić information content (AvgIpc) is 0.811. The Hall–Kier alpha value is -0.195. The van der Waals surface area contributed by atoms with Crippen molar-refractivity contribution >= 4 is 7.85 Å². The van der Waals surface area contributed by atoms with Gasteiger partial charge in [-0.15, -0.1) is 12.1 Å². The van der Waals surface area contributed by atoms with Crippen LogP contribution in [0.3, 0.4) is 0 Å². The molecular formula is C3H4B. The van der Waals surface area contributed by atoms with Gasteiger partial charge in [0, 0.05) is 0 Å². The van der Waals surface area contributed by atoms with Crippen LogP contribution < -0.4 is 0 Å². The highest BCUT2D eigenvalue weighted by Gasteiger charge is 1.53. The Kier molecular flexibility index (Phi) is 1.10.